The van der Waals surface area contributed by atoms with E-state index in [1.54, 1.807) is 30.3 Å². The lowest BCUT2D eigenvalue weighted by molar-refractivity contribution is -0.119. The molecule has 0 aliphatic heterocycles. The zero-order valence-corrected chi connectivity index (χ0v) is 20.9. The molecule has 0 bridgehead atoms. The molecule has 168 valence electrons. The number of benzene rings is 3. The predicted octanol–water partition coefficient (Wildman–Crippen LogP) is 5.87. The predicted molar refractivity (Wildman–Crippen MR) is 129 cm³/mol. The van der Waals surface area contributed by atoms with E-state index in [2.05, 4.69) is 15.9 Å². The molecule has 3 aromatic rings. The van der Waals surface area contributed by atoms with Crippen LogP contribution in [-0.4, -0.2) is 28.0 Å². The summed E-state index contributed by atoms with van der Waals surface area (Å²) < 4.78 is 38.7. The van der Waals surface area contributed by atoms with Crippen LogP contribution in [0, 0.1) is 6.92 Å². The van der Waals surface area contributed by atoms with E-state index in [0.717, 1.165) is 5.56 Å². The maximum Gasteiger partial charge on any atom is 0.278 e. The van der Waals surface area contributed by atoms with Gasteiger partial charge in [-0.3, -0.25) is 4.79 Å². The molecule has 0 fully saturated rings. The van der Waals surface area contributed by atoms with Crippen LogP contribution in [0.3, 0.4) is 0 Å². The molecule has 0 saturated carbocycles. The second kappa shape index (κ2) is 10.1. The van der Waals surface area contributed by atoms with Gasteiger partial charge in [0.2, 0.25) is 0 Å². The number of carbonyl (C=O) groups excluding carboxylic acids is 1. The van der Waals surface area contributed by atoms with Gasteiger partial charge in [-0.2, -0.15) is 4.31 Å². The van der Waals surface area contributed by atoms with Crippen molar-refractivity contribution in [2.24, 2.45) is 0 Å². The van der Waals surface area contributed by atoms with Gasteiger partial charge in [-0.05, 0) is 71.4 Å². The van der Waals surface area contributed by atoms with Gasteiger partial charge in [-0.15, -0.1) is 0 Å². The number of aryl methyl sites for hydroxylation is 1. The van der Waals surface area contributed by atoms with Gasteiger partial charge in [0.25, 0.3) is 15.9 Å². The second-order valence-corrected chi connectivity index (χ2v) is 10.1. The molecule has 0 spiro atoms. The number of carbonyl (C=O) groups is 1. The Kier molecular flexibility index (Phi) is 7.71. The van der Waals surface area contributed by atoms with Crippen LogP contribution in [0.1, 0.15) is 5.56 Å². The number of methoxy groups -OCH3 is 1. The summed E-state index contributed by atoms with van der Waals surface area (Å²) in [5.74, 6) is -0.131. The van der Waals surface area contributed by atoms with Crippen LogP contribution in [-0.2, 0) is 14.8 Å². The molecule has 0 aliphatic carbocycles. The van der Waals surface area contributed by atoms with Crippen molar-refractivity contribution in [1.29, 1.82) is 0 Å². The molecule has 0 unspecified atom stereocenters. The molecule has 0 aromatic heterocycles. The van der Waals surface area contributed by atoms with Gasteiger partial charge in [0.1, 0.15) is 11.5 Å². The fourth-order valence-corrected chi connectivity index (χ4v) is 5.26. The van der Waals surface area contributed by atoms with Gasteiger partial charge in [0, 0.05) is 5.02 Å². The van der Waals surface area contributed by atoms with E-state index in [-0.39, 0.29) is 15.6 Å². The minimum atomic E-state index is -4.26. The Morgan fingerprint density at radius 2 is 1.66 bits per heavy atom. The Labute approximate surface area is 204 Å². The lowest BCUT2D eigenvalue weighted by Gasteiger charge is -2.23. The van der Waals surface area contributed by atoms with Crippen molar-refractivity contribution in [1.82, 2.24) is 0 Å². The third-order valence-electron chi connectivity index (χ3n) is 4.40. The number of sulfonamides is 1. The third-order valence-corrected chi connectivity index (χ3v) is 7.31. The molecule has 6 nitrogen and oxygen atoms in total. The van der Waals surface area contributed by atoms with E-state index in [1.165, 1.54) is 37.4 Å². The second-order valence-electron chi connectivity index (χ2n) is 6.66. The summed E-state index contributed by atoms with van der Waals surface area (Å²) >= 11 is 15.4. The number of hydrogen-bond acceptors (Lipinski definition) is 5. The average Bonchev–Trinajstić information content (AvgIpc) is 2.73. The number of ether oxygens (including phenoxy) is 2. The maximum absolute atomic E-state index is 13.4. The first-order chi connectivity index (χ1) is 15.1. The Bertz CT molecular complexity index is 1250. The largest absolute Gasteiger partial charge is 0.495 e. The van der Waals surface area contributed by atoms with E-state index in [9.17, 15) is 13.2 Å². The zero-order valence-electron chi connectivity index (χ0n) is 17.0. The first-order valence-electron chi connectivity index (χ1n) is 9.19. The number of hydrogen-bond donors (Lipinski definition) is 0. The lowest BCUT2D eigenvalue weighted by Crippen LogP contribution is -2.40. The van der Waals surface area contributed by atoms with Crippen LogP contribution in [0.2, 0.25) is 10.0 Å². The topological polar surface area (TPSA) is 72.9 Å². The summed E-state index contributed by atoms with van der Waals surface area (Å²) in [7, 11) is -2.82. The van der Waals surface area contributed by atoms with Crippen molar-refractivity contribution >= 4 is 60.7 Å². The number of nitrogens with zero attached hydrogens (tertiary/aromatic N) is 1. The normalized spacial score (nSPS) is 11.2. The Morgan fingerprint density at radius 1 is 1.00 bits per heavy atom. The van der Waals surface area contributed by atoms with Gasteiger partial charge >= 0.3 is 0 Å². The number of halogens is 3. The highest BCUT2D eigenvalue weighted by Gasteiger charge is 2.32. The van der Waals surface area contributed by atoms with Gasteiger partial charge in [0.05, 0.1) is 27.2 Å². The molecule has 32 heavy (non-hydrogen) atoms. The summed E-state index contributed by atoms with van der Waals surface area (Å²) in [6.45, 7) is 1.29. The van der Waals surface area contributed by atoms with Crippen molar-refractivity contribution < 1.29 is 22.7 Å². The molecular weight excluding hydrogens is 541 g/mol. The molecule has 0 saturated heterocycles. The quantitative estimate of drug-likeness (QED) is 0.362. The Morgan fingerprint density at radius 3 is 2.25 bits per heavy atom. The first kappa shape index (κ1) is 24.4. The molecule has 0 aliphatic rings. The molecule has 3 aromatic carbocycles. The third kappa shape index (κ3) is 5.38. The molecule has 1 amide bonds. The standard InChI is InChI=1S/C22H18BrCl2NO5S/c1-14-3-7-17(8-4-14)32(28,29)26(16-6-10-21(30-2)19(25)12-16)22(27)13-31-20-9-5-15(24)11-18(20)23/h3-12H,13H2,1-2H3. The van der Waals surface area contributed by atoms with Gasteiger partial charge in [0.15, 0.2) is 6.61 Å². The first-order valence-corrected chi connectivity index (χ1v) is 12.2. The molecular formula is C22H18BrCl2NO5S. The minimum absolute atomic E-state index is 0.0453. The molecule has 0 heterocycles. The summed E-state index contributed by atoms with van der Waals surface area (Å²) in [5, 5.41) is 0.635. The Hall–Kier alpha value is -2.26. The van der Waals surface area contributed by atoms with Crippen LogP contribution in [0.15, 0.2) is 70.0 Å². The molecule has 3 rings (SSSR count). The van der Waals surface area contributed by atoms with Crippen molar-refractivity contribution in [3.05, 3.63) is 80.7 Å². The molecule has 0 N–H and O–H groups in total. The van der Waals surface area contributed by atoms with Crippen molar-refractivity contribution in [2.45, 2.75) is 11.8 Å². The monoisotopic (exact) mass is 557 g/mol. The van der Waals surface area contributed by atoms with Crippen molar-refractivity contribution in [2.75, 3.05) is 18.0 Å². The van der Waals surface area contributed by atoms with E-state index in [1.807, 2.05) is 6.92 Å². The molecule has 0 atom stereocenters. The lowest BCUT2D eigenvalue weighted by atomic mass is 10.2. The van der Waals surface area contributed by atoms with Gasteiger partial charge < -0.3 is 9.47 Å². The fraction of sp³-hybridized carbons (Fsp3) is 0.136. The summed E-state index contributed by atoms with van der Waals surface area (Å²) in [6.07, 6.45) is 0. The van der Waals surface area contributed by atoms with E-state index >= 15 is 0 Å². The van der Waals surface area contributed by atoms with E-state index in [0.29, 0.717) is 25.3 Å². The van der Waals surface area contributed by atoms with Crippen LogP contribution in [0.4, 0.5) is 5.69 Å². The summed E-state index contributed by atoms with van der Waals surface area (Å²) in [4.78, 5) is 13.1. The van der Waals surface area contributed by atoms with E-state index < -0.39 is 22.5 Å². The van der Waals surface area contributed by atoms with Crippen LogP contribution in [0.5, 0.6) is 11.5 Å². The smallest absolute Gasteiger partial charge is 0.278 e. The van der Waals surface area contributed by atoms with E-state index in [4.69, 9.17) is 32.7 Å². The number of rotatable bonds is 7. The highest BCUT2D eigenvalue weighted by Crippen LogP contribution is 2.33. The van der Waals surface area contributed by atoms with Crippen molar-refractivity contribution in [3.63, 3.8) is 0 Å². The molecule has 0 radical (unpaired) electrons. The van der Waals surface area contributed by atoms with Crippen LogP contribution in [0.25, 0.3) is 0 Å². The number of anilines is 1. The maximum atomic E-state index is 13.4. The highest BCUT2D eigenvalue weighted by atomic mass is 79.9. The Balaban J connectivity index is 2.00. The average molecular weight is 559 g/mol. The summed E-state index contributed by atoms with van der Waals surface area (Å²) in [5.41, 5.74) is 0.936. The minimum Gasteiger partial charge on any atom is -0.495 e. The van der Waals surface area contributed by atoms with Gasteiger partial charge in [-0.25, -0.2) is 8.42 Å². The zero-order chi connectivity index (χ0) is 23.5. The van der Waals surface area contributed by atoms with Crippen LogP contribution >= 0.6 is 39.1 Å². The highest BCUT2D eigenvalue weighted by molar-refractivity contribution is 9.10. The van der Waals surface area contributed by atoms with Gasteiger partial charge in [-0.1, -0.05) is 40.9 Å². The SMILES string of the molecule is COc1ccc(N(C(=O)COc2ccc(Cl)cc2Br)S(=O)(=O)c2ccc(C)cc2)cc1Cl. The van der Waals surface area contributed by atoms with Crippen LogP contribution < -0.4 is 13.8 Å². The number of amides is 1. The fourth-order valence-electron chi connectivity index (χ4n) is 2.80. The summed E-state index contributed by atoms with van der Waals surface area (Å²) in [6, 6.07) is 15.2. The molecule has 10 heteroatoms. The van der Waals surface area contributed by atoms with Crippen molar-refractivity contribution in [3.8, 4) is 11.5 Å².